The standard InChI is InChI=1S/C16H11BrN.C9H7.2ClH.H2S.Zr/c1-18-15-5-3-2-4-13(15)14-9-10-8-11(17)6-7-12(10)16(14)18;1-2-5-9-7-3-6-8(9)4-1;;;;/h2-3,5-9,16H,1H3;1-7H;2*1H;1H2;/q2*-1;;;;+2/p-3. The number of nitrogens with zero attached hydrogens (tertiary/aromatic N) is 1. The second kappa shape index (κ2) is 11.3. The van der Waals surface area contributed by atoms with Crippen LogP contribution in [0.5, 0.6) is 0 Å². The third-order valence-corrected chi connectivity index (χ3v) is 5.88. The minimum Gasteiger partial charge on any atom is -0.813 e. The minimum atomic E-state index is -0.826. The molecule has 1 heterocycles. The number of thiol groups is 1. The van der Waals surface area contributed by atoms with E-state index in [1.54, 1.807) is 0 Å². The van der Waals surface area contributed by atoms with Gasteiger partial charge >= 0.3 is 37.9 Å². The fourth-order valence-corrected chi connectivity index (χ4v) is 4.50. The molecule has 6 rings (SSSR count). The van der Waals surface area contributed by atoms with E-state index in [0.29, 0.717) is 6.04 Å². The summed E-state index contributed by atoms with van der Waals surface area (Å²) in [6.45, 7) is 0. The van der Waals surface area contributed by atoms with Gasteiger partial charge in [-0.3, -0.25) is 0 Å². The number of rotatable bonds is 0. The summed E-state index contributed by atoms with van der Waals surface area (Å²) in [5, 5.41) is 2.66. The van der Waals surface area contributed by atoms with Gasteiger partial charge in [0.15, 0.2) is 0 Å². The molecule has 158 valence electrons. The van der Waals surface area contributed by atoms with Crippen molar-refractivity contribution in [1.29, 1.82) is 0 Å². The number of fused-ring (bicyclic) bond motifs is 6. The summed E-state index contributed by atoms with van der Waals surface area (Å²) in [6, 6.07) is 31.2. The average Bonchev–Trinajstić information content (AvgIpc) is 3.44. The summed E-state index contributed by atoms with van der Waals surface area (Å²) in [5.74, 6) is 0. The Morgan fingerprint density at radius 3 is 2.61 bits per heavy atom. The van der Waals surface area contributed by atoms with Crippen molar-refractivity contribution in [3.63, 3.8) is 0 Å². The quantitative estimate of drug-likeness (QED) is 0.113. The molecule has 6 heteroatoms. The molecule has 0 saturated carbocycles. The average molecular weight is 608 g/mol. The third kappa shape index (κ3) is 5.20. The predicted molar refractivity (Wildman–Crippen MR) is 138 cm³/mol. The molecule has 0 fully saturated rings. The van der Waals surface area contributed by atoms with Crippen molar-refractivity contribution in [2.45, 2.75) is 6.04 Å². The van der Waals surface area contributed by atoms with Crippen molar-refractivity contribution < 1.29 is 20.8 Å². The van der Waals surface area contributed by atoms with Gasteiger partial charge in [0, 0.05) is 10.5 Å². The zero-order valence-corrected chi connectivity index (χ0v) is 23.1. The smallest absolute Gasteiger partial charge is 0.0809 e. The van der Waals surface area contributed by atoms with E-state index in [2.05, 4.69) is 113 Å². The summed E-state index contributed by atoms with van der Waals surface area (Å²) in [6.07, 6.45) is 2.30. The maximum atomic E-state index is 4.93. The van der Waals surface area contributed by atoms with Gasteiger partial charge in [-0.15, -0.1) is 59.5 Å². The fourth-order valence-electron chi connectivity index (χ4n) is 4.12. The largest absolute Gasteiger partial charge is 0.813 e. The topological polar surface area (TPSA) is 3.24 Å². The van der Waals surface area contributed by atoms with E-state index in [9.17, 15) is 0 Å². The summed E-state index contributed by atoms with van der Waals surface area (Å²) in [7, 11) is 12.0. The first-order chi connectivity index (χ1) is 14.6. The molecule has 4 aromatic carbocycles. The number of benzene rings is 3. The van der Waals surface area contributed by atoms with Gasteiger partial charge in [0.25, 0.3) is 0 Å². The zero-order chi connectivity index (χ0) is 21.1. The van der Waals surface area contributed by atoms with Crippen LogP contribution in [-0.4, -0.2) is 7.05 Å². The molecule has 0 saturated heterocycles. The van der Waals surface area contributed by atoms with Crippen LogP contribution in [0.25, 0.3) is 22.4 Å². The van der Waals surface area contributed by atoms with E-state index in [1.165, 1.54) is 38.7 Å². The number of hydrogen-bond acceptors (Lipinski definition) is 2. The SMILES string of the molecule is CN1c2ccc[c-]c2C2=Cc3cc(Br)ccc3C21.[Cl][Zr][Cl].[SH-].c1ccc2[cH-]ccc2c1. The Hall–Kier alpha value is -0.897. The molecule has 1 atom stereocenters. The van der Waals surface area contributed by atoms with Gasteiger partial charge in [-0.05, 0) is 36.0 Å². The Labute approximate surface area is 217 Å². The molecule has 0 amide bonds. The molecule has 0 spiro atoms. The van der Waals surface area contributed by atoms with Crippen molar-refractivity contribution >= 4 is 74.6 Å². The van der Waals surface area contributed by atoms with Crippen molar-refractivity contribution in [2.75, 3.05) is 11.9 Å². The van der Waals surface area contributed by atoms with Gasteiger partial charge in [-0.25, -0.2) is 0 Å². The molecule has 0 N–H and O–H groups in total. The molecule has 31 heavy (non-hydrogen) atoms. The second-order valence-corrected chi connectivity index (χ2v) is 11.7. The molecule has 1 nitrogen and oxygen atoms in total. The molecular formula is C25H19BrCl2NSZr-3. The van der Waals surface area contributed by atoms with Crippen LogP contribution in [0.3, 0.4) is 0 Å². The van der Waals surface area contributed by atoms with Crippen LogP contribution in [0.15, 0.2) is 83.3 Å². The van der Waals surface area contributed by atoms with Crippen LogP contribution in [0.1, 0.15) is 22.7 Å². The van der Waals surface area contributed by atoms with E-state index < -0.39 is 20.8 Å². The predicted octanol–water partition coefficient (Wildman–Crippen LogP) is 7.96. The molecule has 1 aliphatic carbocycles. The van der Waals surface area contributed by atoms with Gasteiger partial charge in [0.1, 0.15) is 0 Å². The van der Waals surface area contributed by atoms with Crippen molar-refractivity contribution in [3.05, 3.63) is 106 Å². The van der Waals surface area contributed by atoms with E-state index in [1.807, 2.05) is 6.07 Å². The Bertz CT molecular complexity index is 1180. The maximum absolute atomic E-state index is 4.93. The van der Waals surface area contributed by atoms with Gasteiger partial charge in [-0.2, -0.15) is 17.5 Å². The van der Waals surface area contributed by atoms with Crippen LogP contribution in [-0.2, 0) is 34.3 Å². The summed E-state index contributed by atoms with van der Waals surface area (Å²) in [5.41, 5.74) is 6.61. The van der Waals surface area contributed by atoms with Crippen LogP contribution >= 0.6 is 33.0 Å². The molecule has 4 aromatic rings. The van der Waals surface area contributed by atoms with Crippen molar-refractivity contribution in [2.24, 2.45) is 0 Å². The fraction of sp³-hybridized carbons (Fsp3) is 0.0800. The van der Waals surface area contributed by atoms with Gasteiger partial charge in [-0.1, -0.05) is 39.7 Å². The van der Waals surface area contributed by atoms with Crippen molar-refractivity contribution in [1.82, 2.24) is 0 Å². The molecule has 1 aliphatic heterocycles. The van der Waals surface area contributed by atoms with Gasteiger partial charge in [0.05, 0.1) is 0 Å². The third-order valence-electron chi connectivity index (χ3n) is 5.39. The molecule has 0 radical (unpaired) electrons. The Balaban J connectivity index is 0.000000177. The molecular weight excluding hydrogens is 588 g/mol. The molecule has 2 aliphatic rings. The molecule has 1 unspecified atom stereocenters. The van der Waals surface area contributed by atoms with E-state index in [-0.39, 0.29) is 13.5 Å². The van der Waals surface area contributed by atoms with E-state index in [4.69, 9.17) is 17.0 Å². The van der Waals surface area contributed by atoms with E-state index in [0.717, 1.165) is 4.47 Å². The molecule has 0 bridgehead atoms. The number of hydrogen-bond donors (Lipinski definition) is 0. The van der Waals surface area contributed by atoms with Crippen molar-refractivity contribution in [3.8, 4) is 0 Å². The zero-order valence-electron chi connectivity index (χ0n) is 16.7. The summed E-state index contributed by atoms with van der Waals surface area (Å²) < 4.78 is 1.14. The summed E-state index contributed by atoms with van der Waals surface area (Å²) in [4.78, 5) is 2.34. The Morgan fingerprint density at radius 2 is 1.84 bits per heavy atom. The second-order valence-electron chi connectivity index (χ2n) is 7.04. The first kappa shape index (κ1) is 24.7. The molecule has 0 aromatic heterocycles. The Morgan fingerprint density at radius 1 is 1.06 bits per heavy atom. The number of halogens is 3. The Kier molecular flexibility index (Phi) is 9.02. The normalized spacial score (nSPS) is 14.6. The van der Waals surface area contributed by atoms with Crippen LogP contribution in [0.2, 0.25) is 0 Å². The maximum Gasteiger partial charge on any atom is -0.0809 e. The van der Waals surface area contributed by atoms with Gasteiger partial charge < -0.3 is 18.4 Å². The van der Waals surface area contributed by atoms with Gasteiger partial charge in [0.2, 0.25) is 0 Å². The summed E-state index contributed by atoms with van der Waals surface area (Å²) >= 11 is 2.72. The number of likely N-dealkylation sites (N-methyl/N-ethyl adjacent to an activating group) is 1. The first-order valence-corrected chi connectivity index (χ1v) is 16.6. The van der Waals surface area contributed by atoms with E-state index >= 15 is 0 Å². The monoisotopic (exact) mass is 604 g/mol. The minimum absolute atomic E-state index is 0. The van der Waals surface area contributed by atoms with Crippen LogP contribution < -0.4 is 4.90 Å². The van der Waals surface area contributed by atoms with Crippen LogP contribution in [0, 0.1) is 6.07 Å². The van der Waals surface area contributed by atoms with Crippen LogP contribution in [0.4, 0.5) is 5.69 Å². The first-order valence-electron chi connectivity index (χ1n) is 9.45. The number of anilines is 1.